The number of benzene rings is 2. The third kappa shape index (κ3) is 4.72. The Morgan fingerprint density at radius 1 is 1.20 bits per heavy atom. The molecule has 0 aliphatic heterocycles. The van der Waals surface area contributed by atoms with Gasteiger partial charge in [-0.15, -0.1) is 11.3 Å². The van der Waals surface area contributed by atoms with Crippen LogP contribution >= 0.6 is 11.3 Å². The van der Waals surface area contributed by atoms with E-state index < -0.39 is 0 Å². The molecule has 4 aromatic rings. The van der Waals surface area contributed by atoms with Crippen LogP contribution in [0.25, 0.3) is 10.6 Å². The molecule has 1 amide bonds. The van der Waals surface area contributed by atoms with Crippen molar-refractivity contribution in [2.75, 3.05) is 11.9 Å². The van der Waals surface area contributed by atoms with Crippen molar-refractivity contribution in [3.63, 3.8) is 0 Å². The highest BCUT2D eigenvalue weighted by atomic mass is 32.1. The number of carbonyl (C=O) groups is 1. The highest BCUT2D eigenvalue weighted by Gasteiger charge is 2.16. The molecule has 0 bridgehead atoms. The summed E-state index contributed by atoms with van der Waals surface area (Å²) in [5.41, 5.74) is 2.03. The molecule has 0 atom stereocenters. The molecule has 0 saturated heterocycles. The van der Waals surface area contributed by atoms with E-state index in [0.29, 0.717) is 40.2 Å². The van der Waals surface area contributed by atoms with Crippen molar-refractivity contribution in [1.29, 1.82) is 0 Å². The molecule has 2 aromatic heterocycles. The van der Waals surface area contributed by atoms with Gasteiger partial charge in [0.1, 0.15) is 28.1 Å². The first-order valence-corrected chi connectivity index (χ1v) is 10.1. The SMILES string of the molecule is Cc1nc(-c2ccc(F)cc2)sc1C(=O)Nc1cccc(OCCn2cccn2)c1. The second-order valence-corrected chi connectivity index (χ2v) is 7.54. The van der Waals surface area contributed by atoms with Gasteiger partial charge in [-0.3, -0.25) is 9.48 Å². The molecule has 6 nitrogen and oxygen atoms in total. The Kier molecular flexibility index (Phi) is 5.85. The fourth-order valence-electron chi connectivity index (χ4n) is 2.86. The molecular formula is C22H19FN4O2S. The Morgan fingerprint density at radius 3 is 2.80 bits per heavy atom. The number of nitrogens with one attached hydrogen (secondary N) is 1. The zero-order valence-electron chi connectivity index (χ0n) is 16.2. The maximum Gasteiger partial charge on any atom is 0.267 e. The predicted molar refractivity (Wildman–Crippen MR) is 114 cm³/mol. The molecule has 1 N–H and O–H groups in total. The van der Waals surface area contributed by atoms with E-state index in [2.05, 4.69) is 15.4 Å². The molecule has 0 fully saturated rings. The number of thiazole rings is 1. The number of ether oxygens (including phenoxy) is 1. The first kappa shape index (κ1) is 19.8. The second-order valence-electron chi connectivity index (χ2n) is 6.54. The first-order valence-electron chi connectivity index (χ1n) is 9.33. The molecule has 30 heavy (non-hydrogen) atoms. The fraction of sp³-hybridized carbons (Fsp3) is 0.136. The van der Waals surface area contributed by atoms with E-state index in [4.69, 9.17) is 4.74 Å². The molecule has 0 spiro atoms. The summed E-state index contributed by atoms with van der Waals surface area (Å²) in [6.45, 7) is 2.89. The van der Waals surface area contributed by atoms with Crippen molar-refractivity contribution in [3.8, 4) is 16.3 Å². The van der Waals surface area contributed by atoms with Crippen LogP contribution in [0.3, 0.4) is 0 Å². The standard InChI is InChI=1S/C22H19FN4O2S/c1-15-20(30-22(25-15)16-6-8-17(23)9-7-16)21(28)26-18-4-2-5-19(14-18)29-13-12-27-11-3-10-24-27/h2-11,14H,12-13H2,1H3,(H,26,28). The number of aromatic nitrogens is 3. The van der Waals surface area contributed by atoms with Gasteiger partial charge in [-0.25, -0.2) is 9.37 Å². The molecule has 0 saturated carbocycles. The zero-order valence-corrected chi connectivity index (χ0v) is 17.0. The number of hydrogen-bond donors (Lipinski definition) is 1. The van der Waals surface area contributed by atoms with Crippen LogP contribution in [0, 0.1) is 12.7 Å². The van der Waals surface area contributed by atoms with E-state index in [-0.39, 0.29) is 11.7 Å². The molecule has 152 valence electrons. The van der Waals surface area contributed by atoms with Crippen LogP contribution in [0.5, 0.6) is 5.75 Å². The average Bonchev–Trinajstić information content (AvgIpc) is 3.39. The van der Waals surface area contributed by atoms with Crippen molar-refractivity contribution in [1.82, 2.24) is 14.8 Å². The van der Waals surface area contributed by atoms with Gasteiger partial charge in [-0.1, -0.05) is 6.07 Å². The Morgan fingerprint density at radius 2 is 2.03 bits per heavy atom. The molecular weight excluding hydrogens is 403 g/mol. The van der Waals surface area contributed by atoms with Gasteiger partial charge in [0.15, 0.2) is 0 Å². The summed E-state index contributed by atoms with van der Waals surface area (Å²) in [5.74, 6) is 0.108. The lowest BCUT2D eigenvalue weighted by molar-refractivity contribution is 0.103. The minimum atomic E-state index is -0.309. The predicted octanol–water partition coefficient (Wildman–Crippen LogP) is 4.79. The van der Waals surface area contributed by atoms with Gasteiger partial charge in [0, 0.05) is 29.7 Å². The summed E-state index contributed by atoms with van der Waals surface area (Å²) in [4.78, 5) is 17.7. The van der Waals surface area contributed by atoms with Gasteiger partial charge in [-0.2, -0.15) is 5.10 Å². The quantitative estimate of drug-likeness (QED) is 0.465. The maximum absolute atomic E-state index is 13.1. The largest absolute Gasteiger partial charge is 0.492 e. The molecule has 8 heteroatoms. The van der Waals surface area contributed by atoms with E-state index in [1.807, 2.05) is 24.4 Å². The molecule has 0 aliphatic rings. The number of carbonyl (C=O) groups excluding carboxylic acids is 1. The van der Waals surface area contributed by atoms with Gasteiger partial charge in [-0.05, 0) is 49.4 Å². The molecule has 0 unspecified atom stereocenters. The van der Waals surface area contributed by atoms with Crippen LogP contribution in [0.1, 0.15) is 15.4 Å². The number of hydrogen-bond acceptors (Lipinski definition) is 5. The van der Waals surface area contributed by atoms with E-state index in [9.17, 15) is 9.18 Å². The fourth-order valence-corrected chi connectivity index (χ4v) is 3.83. The van der Waals surface area contributed by atoms with Crippen LogP contribution in [-0.2, 0) is 6.54 Å². The summed E-state index contributed by atoms with van der Waals surface area (Å²) < 4.78 is 20.7. The summed E-state index contributed by atoms with van der Waals surface area (Å²) in [6, 6.07) is 15.2. The van der Waals surface area contributed by atoms with Crippen molar-refractivity contribution in [2.45, 2.75) is 13.5 Å². The third-order valence-electron chi connectivity index (χ3n) is 4.33. The van der Waals surface area contributed by atoms with E-state index >= 15 is 0 Å². The van der Waals surface area contributed by atoms with Gasteiger partial charge < -0.3 is 10.1 Å². The lowest BCUT2D eigenvalue weighted by Gasteiger charge is -2.09. The number of aryl methyl sites for hydroxylation is 1. The molecule has 4 rings (SSSR count). The second kappa shape index (κ2) is 8.87. The van der Waals surface area contributed by atoms with Crippen LogP contribution in [0.4, 0.5) is 10.1 Å². The van der Waals surface area contributed by atoms with Crippen molar-refractivity contribution < 1.29 is 13.9 Å². The summed E-state index contributed by atoms with van der Waals surface area (Å²) in [6.07, 6.45) is 3.59. The first-order chi connectivity index (χ1) is 14.6. The van der Waals surface area contributed by atoms with Crippen LogP contribution < -0.4 is 10.1 Å². The van der Waals surface area contributed by atoms with E-state index in [0.717, 1.165) is 5.56 Å². The molecule has 2 aromatic carbocycles. The Bertz CT molecular complexity index is 1140. The average molecular weight is 422 g/mol. The van der Waals surface area contributed by atoms with E-state index in [1.165, 1.54) is 23.5 Å². The highest BCUT2D eigenvalue weighted by Crippen LogP contribution is 2.29. The summed E-state index contributed by atoms with van der Waals surface area (Å²) in [5, 5.41) is 7.70. The Hall–Kier alpha value is -3.52. The molecule has 2 heterocycles. The van der Waals surface area contributed by atoms with E-state index in [1.54, 1.807) is 42.1 Å². The van der Waals surface area contributed by atoms with Crippen molar-refractivity contribution >= 4 is 22.9 Å². The number of anilines is 1. The molecule has 0 radical (unpaired) electrons. The number of halogens is 1. The maximum atomic E-state index is 13.1. The van der Waals surface area contributed by atoms with Gasteiger partial charge in [0.25, 0.3) is 5.91 Å². The number of rotatable bonds is 7. The zero-order chi connectivity index (χ0) is 20.9. The van der Waals surface area contributed by atoms with Gasteiger partial charge in [0.05, 0.1) is 12.2 Å². The molecule has 0 aliphatic carbocycles. The van der Waals surface area contributed by atoms with Crippen molar-refractivity contribution in [3.05, 3.63) is 83.4 Å². The Labute approximate surface area is 177 Å². The highest BCUT2D eigenvalue weighted by molar-refractivity contribution is 7.17. The van der Waals surface area contributed by atoms with Crippen molar-refractivity contribution in [2.24, 2.45) is 0 Å². The lowest BCUT2D eigenvalue weighted by Crippen LogP contribution is -2.12. The van der Waals surface area contributed by atoms with Gasteiger partial charge in [0.2, 0.25) is 0 Å². The summed E-state index contributed by atoms with van der Waals surface area (Å²) in [7, 11) is 0. The smallest absolute Gasteiger partial charge is 0.267 e. The third-order valence-corrected chi connectivity index (χ3v) is 5.54. The monoisotopic (exact) mass is 422 g/mol. The van der Waals surface area contributed by atoms with Crippen LogP contribution in [0.15, 0.2) is 67.0 Å². The minimum absolute atomic E-state index is 0.243. The lowest BCUT2D eigenvalue weighted by atomic mass is 10.2. The number of amides is 1. The van der Waals surface area contributed by atoms with Gasteiger partial charge >= 0.3 is 0 Å². The van der Waals surface area contributed by atoms with Crippen LogP contribution in [-0.4, -0.2) is 27.3 Å². The topological polar surface area (TPSA) is 69.0 Å². The minimum Gasteiger partial charge on any atom is -0.492 e. The van der Waals surface area contributed by atoms with Crippen LogP contribution in [0.2, 0.25) is 0 Å². The summed E-state index contributed by atoms with van der Waals surface area (Å²) >= 11 is 1.28. The normalized spacial score (nSPS) is 10.7. The Balaban J connectivity index is 1.42. The number of nitrogens with zero attached hydrogens (tertiary/aromatic N) is 3.